The molecular weight excluding hydrogens is 234 g/mol. The number of benzene rings is 1. The Bertz CT molecular complexity index is 654. The molecule has 2 rings (SSSR count). The zero-order chi connectivity index (χ0) is 13.8. The van der Waals surface area contributed by atoms with Crippen LogP contribution in [-0.2, 0) is 0 Å². The Morgan fingerprint density at radius 3 is 2.84 bits per heavy atom. The minimum atomic E-state index is 0.743. The van der Waals surface area contributed by atoms with Gasteiger partial charge in [-0.1, -0.05) is 13.0 Å². The van der Waals surface area contributed by atoms with E-state index >= 15 is 0 Å². The highest BCUT2D eigenvalue weighted by Gasteiger charge is 2.03. The summed E-state index contributed by atoms with van der Waals surface area (Å²) in [6, 6.07) is 8.11. The number of pyridine rings is 1. The SMILES string of the molecule is CCC(/C=C(\N)c1ccc2nccc(C)c2c1)=NC. The van der Waals surface area contributed by atoms with Gasteiger partial charge in [-0.15, -0.1) is 0 Å². The molecule has 0 aliphatic heterocycles. The maximum atomic E-state index is 6.15. The molecule has 19 heavy (non-hydrogen) atoms. The lowest BCUT2D eigenvalue weighted by Gasteiger charge is -2.06. The van der Waals surface area contributed by atoms with Crippen molar-refractivity contribution in [2.75, 3.05) is 7.05 Å². The van der Waals surface area contributed by atoms with Crippen LogP contribution in [-0.4, -0.2) is 17.7 Å². The average molecular weight is 253 g/mol. The highest BCUT2D eigenvalue weighted by atomic mass is 14.7. The van der Waals surface area contributed by atoms with Gasteiger partial charge < -0.3 is 5.73 Å². The Kier molecular flexibility index (Phi) is 3.95. The van der Waals surface area contributed by atoms with E-state index in [0.717, 1.165) is 34.3 Å². The number of allylic oxidation sites excluding steroid dienone is 1. The van der Waals surface area contributed by atoms with E-state index in [4.69, 9.17) is 5.73 Å². The van der Waals surface area contributed by atoms with Crippen LogP contribution in [0.3, 0.4) is 0 Å². The molecule has 1 heterocycles. The Hall–Kier alpha value is -2.16. The van der Waals surface area contributed by atoms with Gasteiger partial charge in [0.2, 0.25) is 0 Å². The third-order valence-corrected chi connectivity index (χ3v) is 3.26. The molecule has 1 aromatic heterocycles. The van der Waals surface area contributed by atoms with Crippen molar-refractivity contribution < 1.29 is 0 Å². The summed E-state index contributed by atoms with van der Waals surface area (Å²) in [5.41, 5.74) is 11.1. The monoisotopic (exact) mass is 253 g/mol. The minimum Gasteiger partial charge on any atom is -0.398 e. The van der Waals surface area contributed by atoms with Crippen LogP contribution in [0.2, 0.25) is 0 Å². The van der Waals surface area contributed by atoms with E-state index in [-0.39, 0.29) is 0 Å². The predicted molar refractivity (Wildman–Crippen MR) is 82.3 cm³/mol. The Labute approximate surface area is 113 Å². The third kappa shape index (κ3) is 2.81. The summed E-state index contributed by atoms with van der Waals surface area (Å²) >= 11 is 0. The van der Waals surface area contributed by atoms with E-state index in [9.17, 15) is 0 Å². The fourth-order valence-corrected chi connectivity index (χ4v) is 2.05. The van der Waals surface area contributed by atoms with Gasteiger partial charge >= 0.3 is 0 Å². The fraction of sp³-hybridized carbons (Fsp3) is 0.250. The lowest BCUT2D eigenvalue weighted by atomic mass is 10.0. The number of hydrogen-bond acceptors (Lipinski definition) is 3. The maximum Gasteiger partial charge on any atom is 0.0705 e. The Morgan fingerprint density at radius 2 is 2.16 bits per heavy atom. The summed E-state index contributed by atoms with van der Waals surface area (Å²) < 4.78 is 0. The molecule has 3 heteroatoms. The van der Waals surface area contributed by atoms with Crippen molar-refractivity contribution >= 4 is 22.3 Å². The molecule has 0 bridgehead atoms. The molecule has 0 unspecified atom stereocenters. The molecule has 0 aliphatic rings. The van der Waals surface area contributed by atoms with Crippen molar-refractivity contribution in [2.24, 2.45) is 10.7 Å². The van der Waals surface area contributed by atoms with Crippen molar-refractivity contribution in [3.63, 3.8) is 0 Å². The number of nitrogens with two attached hydrogens (primary N) is 1. The average Bonchev–Trinajstić information content (AvgIpc) is 2.44. The van der Waals surface area contributed by atoms with Gasteiger partial charge in [0.25, 0.3) is 0 Å². The Morgan fingerprint density at radius 1 is 1.37 bits per heavy atom. The van der Waals surface area contributed by atoms with Crippen LogP contribution in [0, 0.1) is 6.92 Å². The van der Waals surface area contributed by atoms with E-state index in [0.29, 0.717) is 0 Å². The number of hydrogen-bond donors (Lipinski definition) is 1. The largest absolute Gasteiger partial charge is 0.398 e. The Balaban J connectivity index is 2.49. The second kappa shape index (κ2) is 5.65. The first kappa shape index (κ1) is 13.3. The van der Waals surface area contributed by atoms with Crippen molar-refractivity contribution in [1.29, 1.82) is 0 Å². The molecule has 2 N–H and O–H groups in total. The van der Waals surface area contributed by atoms with Gasteiger partial charge in [0.1, 0.15) is 0 Å². The third-order valence-electron chi connectivity index (χ3n) is 3.26. The van der Waals surface area contributed by atoms with Crippen molar-refractivity contribution in [3.8, 4) is 0 Å². The normalized spacial score (nSPS) is 13.0. The van der Waals surface area contributed by atoms with E-state index in [2.05, 4.69) is 29.9 Å². The smallest absolute Gasteiger partial charge is 0.0705 e. The van der Waals surface area contributed by atoms with Crippen LogP contribution in [0.25, 0.3) is 16.6 Å². The summed E-state index contributed by atoms with van der Waals surface area (Å²) in [7, 11) is 1.79. The number of fused-ring (bicyclic) bond motifs is 1. The van der Waals surface area contributed by atoms with Gasteiger partial charge in [-0.05, 0) is 48.7 Å². The molecular formula is C16H19N3. The fourth-order valence-electron chi connectivity index (χ4n) is 2.05. The molecule has 0 amide bonds. The molecule has 3 nitrogen and oxygen atoms in total. The molecule has 0 atom stereocenters. The number of nitrogens with zero attached hydrogens (tertiary/aromatic N) is 2. The second-order valence-corrected chi connectivity index (χ2v) is 4.53. The second-order valence-electron chi connectivity index (χ2n) is 4.53. The van der Waals surface area contributed by atoms with Gasteiger partial charge in [0.15, 0.2) is 0 Å². The van der Waals surface area contributed by atoms with Crippen LogP contribution in [0.1, 0.15) is 24.5 Å². The zero-order valence-corrected chi connectivity index (χ0v) is 11.6. The van der Waals surface area contributed by atoms with Crippen LogP contribution in [0.4, 0.5) is 0 Å². The quantitative estimate of drug-likeness (QED) is 0.853. The van der Waals surface area contributed by atoms with Gasteiger partial charge in [0, 0.05) is 30.0 Å². The molecule has 0 spiro atoms. The molecule has 0 saturated carbocycles. The number of aromatic nitrogens is 1. The molecule has 1 aromatic carbocycles. The van der Waals surface area contributed by atoms with E-state index < -0.39 is 0 Å². The summed E-state index contributed by atoms with van der Waals surface area (Å²) in [6.07, 6.45) is 4.65. The lowest BCUT2D eigenvalue weighted by Crippen LogP contribution is -2.01. The number of aliphatic imine (C=N–C) groups is 1. The lowest BCUT2D eigenvalue weighted by molar-refractivity contribution is 1.26. The van der Waals surface area contributed by atoms with Crippen molar-refractivity contribution in [3.05, 3.63) is 47.7 Å². The molecule has 2 aromatic rings. The molecule has 0 saturated heterocycles. The van der Waals surface area contributed by atoms with E-state index in [1.165, 1.54) is 5.56 Å². The highest BCUT2D eigenvalue weighted by molar-refractivity contribution is 6.00. The van der Waals surface area contributed by atoms with Crippen LogP contribution in [0.15, 0.2) is 41.5 Å². The standard InChI is InChI=1S/C16H19N3/c1-4-13(18-3)10-15(17)12-5-6-16-14(9-12)11(2)7-8-19-16/h5-10H,4,17H2,1-3H3/b15-10-,18-13?. The number of rotatable bonds is 3. The van der Waals surface area contributed by atoms with E-state index in [1.54, 1.807) is 7.05 Å². The summed E-state index contributed by atoms with van der Waals surface area (Å²) in [5, 5.41) is 1.14. The van der Waals surface area contributed by atoms with Gasteiger partial charge in [-0.2, -0.15) is 0 Å². The first-order chi connectivity index (χ1) is 9.15. The predicted octanol–water partition coefficient (Wildman–Crippen LogP) is 3.32. The topological polar surface area (TPSA) is 51.3 Å². The van der Waals surface area contributed by atoms with Gasteiger partial charge in [-0.25, -0.2) is 0 Å². The van der Waals surface area contributed by atoms with Crippen molar-refractivity contribution in [2.45, 2.75) is 20.3 Å². The minimum absolute atomic E-state index is 0.743. The highest BCUT2D eigenvalue weighted by Crippen LogP contribution is 2.20. The molecule has 0 radical (unpaired) electrons. The van der Waals surface area contributed by atoms with Crippen LogP contribution < -0.4 is 5.73 Å². The zero-order valence-electron chi connectivity index (χ0n) is 11.6. The van der Waals surface area contributed by atoms with Gasteiger partial charge in [-0.3, -0.25) is 9.98 Å². The molecule has 0 aliphatic carbocycles. The summed E-state index contributed by atoms with van der Waals surface area (Å²) in [4.78, 5) is 8.55. The molecule has 98 valence electrons. The van der Waals surface area contributed by atoms with Crippen LogP contribution in [0.5, 0.6) is 0 Å². The maximum absolute atomic E-state index is 6.15. The van der Waals surface area contributed by atoms with Crippen LogP contribution >= 0.6 is 0 Å². The van der Waals surface area contributed by atoms with Crippen molar-refractivity contribution in [1.82, 2.24) is 4.98 Å². The first-order valence-electron chi connectivity index (χ1n) is 6.44. The number of aryl methyl sites for hydroxylation is 1. The van der Waals surface area contributed by atoms with Gasteiger partial charge in [0.05, 0.1) is 5.52 Å². The summed E-state index contributed by atoms with van der Waals surface area (Å²) in [6.45, 7) is 4.15. The summed E-state index contributed by atoms with van der Waals surface area (Å²) in [5.74, 6) is 0. The van der Waals surface area contributed by atoms with E-state index in [1.807, 2.05) is 30.5 Å². The molecule has 0 fully saturated rings. The first-order valence-corrected chi connectivity index (χ1v) is 6.44.